The van der Waals surface area contributed by atoms with Crippen LogP contribution in [0.4, 0.5) is 4.79 Å². The van der Waals surface area contributed by atoms with E-state index in [1.807, 2.05) is 56.2 Å². The van der Waals surface area contributed by atoms with Crippen molar-refractivity contribution in [3.63, 3.8) is 0 Å². The molecule has 2 aliphatic carbocycles. The molecule has 0 bridgehead atoms. The van der Waals surface area contributed by atoms with Crippen LogP contribution in [0.5, 0.6) is 0 Å². The molecule has 1 amide bonds. The molecule has 0 radical (unpaired) electrons. The number of carboxylic acid groups (broad SMARTS) is 1. The molecule has 0 fully saturated rings. The lowest BCUT2D eigenvalue weighted by atomic mass is 9.82. The Labute approximate surface area is 200 Å². The molecule has 2 aliphatic rings. The normalized spacial score (nSPS) is 20.1. The molecule has 6 heteroatoms. The lowest BCUT2D eigenvalue weighted by Gasteiger charge is -2.37. The van der Waals surface area contributed by atoms with E-state index in [9.17, 15) is 9.59 Å². The standard InChI is InChI=1S/C28H32N2O4/c1-28(2,3)34-27(33)30(16-15-21-18-29-24-9-5-4-8-22(21)24)25-10-6-7-20-17-19(11-13-23(20)25)12-14-26(31)32/h4-9,11-14,18-19,25,29H,10,15-17H2,1-3H3,(H,31,32)/b14-12+. The quantitative estimate of drug-likeness (QED) is 0.535. The molecular weight excluding hydrogens is 428 g/mol. The number of benzene rings is 1. The van der Waals surface area contributed by atoms with E-state index in [0.717, 1.165) is 16.7 Å². The molecule has 1 aromatic carbocycles. The van der Waals surface area contributed by atoms with Gasteiger partial charge in [0.1, 0.15) is 5.60 Å². The number of aromatic amines is 1. The zero-order chi connectivity index (χ0) is 24.3. The van der Waals surface area contributed by atoms with E-state index in [1.54, 1.807) is 6.08 Å². The summed E-state index contributed by atoms with van der Waals surface area (Å²) < 4.78 is 5.81. The van der Waals surface area contributed by atoms with Crippen molar-refractivity contribution in [3.05, 3.63) is 83.6 Å². The number of amides is 1. The zero-order valence-electron chi connectivity index (χ0n) is 20.0. The summed E-state index contributed by atoms with van der Waals surface area (Å²) in [7, 11) is 0. The number of aliphatic carboxylic acids is 1. The van der Waals surface area contributed by atoms with Gasteiger partial charge >= 0.3 is 12.1 Å². The number of hydrogen-bond acceptors (Lipinski definition) is 3. The van der Waals surface area contributed by atoms with Crippen LogP contribution < -0.4 is 0 Å². The van der Waals surface area contributed by atoms with Crippen LogP contribution in [-0.4, -0.2) is 45.2 Å². The number of hydrogen-bond donors (Lipinski definition) is 2. The van der Waals surface area contributed by atoms with Gasteiger partial charge in [-0.3, -0.25) is 0 Å². The van der Waals surface area contributed by atoms with E-state index < -0.39 is 11.6 Å². The highest BCUT2D eigenvalue weighted by atomic mass is 16.6. The Morgan fingerprint density at radius 2 is 2.03 bits per heavy atom. The Morgan fingerprint density at radius 1 is 1.24 bits per heavy atom. The smallest absolute Gasteiger partial charge is 0.410 e. The number of fused-ring (bicyclic) bond motifs is 1. The lowest BCUT2D eigenvalue weighted by molar-refractivity contribution is -0.131. The van der Waals surface area contributed by atoms with Gasteiger partial charge in [0.2, 0.25) is 0 Å². The van der Waals surface area contributed by atoms with Crippen molar-refractivity contribution in [2.75, 3.05) is 6.54 Å². The van der Waals surface area contributed by atoms with Crippen LogP contribution in [0.1, 0.15) is 39.2 Å². The third-order valence-electron chi connectivity index (χ3n) is 6.17. The maximum absolute atomic E-state index is 13.3. The van der Waals surface area contributed by atoms with Gasteiger partial charge in [-0.2, -0.15) is 0 Å². The van der Waals surface area contributed by atoms with Crippen molar-refractivity contribution >= 4 is 23.0 Å². The Kier molecular flexibility index (Phi) is 6.77. The van der Waals surface area contributed by atoms with Gasteiger partial charge < -0.3 is 19.7 Å². The topological polar surface area (TPSA) is 82.6 Å². The number of H-pyrrole nitrogens is 1. The summed E-state index contributed by atoms with van der Waals surface area (Å²) in [6, 6.07) is 8.05. The minimum atomic E-state index is -0.946. The zero-order valence-corrected chi connectivity index (χ0v) is 20.0. The van der Waals surface area contributed by atoms with E-state index in [1.165, 1.54) is 17.0 Å². The Morgan fingerprint density at radius 3 is 2.79 bits per heavy atom. The predicted octanol–water partition coefficient (Wildman–Crippen LogP) is 5.79. The second kappa shape index (κ2) is 9.75. The van der Waals surface area contributed by atoms with E-state index in [4.69, 9.17) is 9.84 Å². The van der Waals surface area contributed by atoms with Gasteiger partial charge in [0.25, 0.3) is 0 Å². The average molecular weight is 461 g/mol. The summed E-state index contributed by atoms with van der Waals surface area (Å²) >= 11 is 0. The number of carboxylic acids is 1. The molecular formula is C28H32N2O4. The van der Waals surface area contributed by atoms with Crippen LogP contribution in [-0.2, 0) is 16.0 Å². The van der Waals surface area contributed by atoms with Crippen molar-refractivity contribution in [2.45, 2.75) is 51.7 Å². The molecule has 2 unspecified atom stereocenters. The molecule has 34 heavy (non-hydrogen) atoms. The monoisotopic (exact) mass is 460 g/mol. The van der Waals surface area contributed by atoms with Gasteiger partial charge in [-0.25, -0.2) is 9.59 Å². The highest BCUT2D eigenvalue weighted by molar-refractivity contribution is 5.83. The second-order valence-electron chi connectivity index (χ2n) is 9.84. The van der Waals surface area contributed by atoms with Gasteiger partial charge in [-0.05, 0) is 68.7 Å². The van der Waals surface area contributed by atoms with Gasteiger partial charge in [0.05, 0.1) is 6.04 Å². The third-order valence-corrected chi connectivity index (χ3v) is 6.17. The average Bonchev–Trinajstić information content (AvgIpc) is 3.19. The Bertz CT molecular complexity index is 1190. The summed E-state index contributed by atoms with van der Waals surface area (Å²) in [6.45, 7) is 6.18. The largest absolute Gasteiger partial charge is 0.478 e. The molecule has 2 N–H and O–H groups in total. The summed E-state index contributed by atoms with van der Waals surface area (Å²) in [4.78, 5) is 29.4. The molecule has 4 rings (SSSR count). The van der Waals surface area contributed by atoms with Crippen molar-refractivity contribution < 1.29 is 19.4 Å². The molecule has 1 heterocycles. The SMILES string of the molecule is CC(C)(C)OC(=O)N(CCc1c[nH]c2ccccc12)C1CC=CC2=C1C=CC(/C=C/C(=O)O)C2. The number of para-hydroxylation sites is 1. The Balaban J connectivity index is 1.58. The molecule has 0 saturated heterocycles. The fourth-order valence-electron chi connectivity index (χ4n) is 4.64. The summed E-state index contributed by atoms with van der Waals surface area (Å²) in [5.74, 6) is -0.918. The molecule has 2 atom stereocenters. The van der Waals surface area contributed by atoms with E-state index in [0.29, 0.717) is 25.8 Å². The van der Waals surface area contributed by atoms with Crippen LogP contribution in [0.15, 0.2) is 78.1 Å². The molecule has 178 valence electrons. The molecule has 0 saturated carbocycles. The number of nitrogens with zero attached hydrogens (tertiary/aromatic N) is 1. The van der Waals surface area contributed by atoms with Crippen molar-refractivity contribution in [2.24, 2.45) is 5.92 Å². The molecule has 0 aliphatic heterocycles. The highest BCUT2D eigenvalue weighted by Crippen LogP contribution is 2.34. The number of aromatic nitrogens is 1. The lowest BCUT2D eigenvalue weighted by Crippen LogP contribution is -2.46. The minimum absolute atomic E-state index is 0.0273. The second-order valence-corrected chi connectivity index (χ2v) is 9.84. The number of allylic oxidation sites excluding steroid dienone is 4. The summed E-state index contributed by atoms with van der Waals surface area (Å²) in [5, 5.41) is 10.1. The molecule has 2 aromatic rings. The van der Waals surface area contributed by atoms with Crippen LogP contribution in [0, 0.1) is 5.92 Å². The van der Waals surface area contributed by atoms with Crippen molar-refractivity contribution in [3.8, 4) is 0 Å². The van der Waals surface area contributed by atoms with Gasteiger partial charge in [0.15, 0.2) is 0 Å². The fourth-order valence-corrected chi connectivity index (χ4v) is 4.64. The van der Waals surface area contributed by atoms with Gasteiger partial charge in [-0.1, -0.05) is 48.6 Å². The van der Waals surface area contributed by atoms with Crippen LogP contribution in [0.25, 0.3) is 10.9 Å². The predicted molar refractivity (Wildman–Crippen MR) is 134 cm³/mol. The van der Waals surface area contributed by atoms with E-state index in [-0.39, 0.29) is 18.1 Å². The maximum Gasteiger partial charge on any atom is 0.410 e. The Hall–Kier alpha value is -3.54. The number of nitrogens with one attached hydrogen (secondary N) is 1. The number of carbonyl (C=O) groups excluding carboxylic acids is 1. The number of carbonyl (C=O) groups is 2. The van der Waals surface area contributed by atoms with Gasteiger partial charge in [0, 0.05) is 29.7 Å². The molecule has 6 nitrogen and oxygen atoms in total. The molecule has 1 aromatic heterocycles. The number of rotatable bonds is 6. The third kappa shape index (κ3) is 5.50. The van der Waals surface area contributed by atoms with Crippen molar-refractivity contribution in [1.82, 2.24) is 9.88 Å². The van der Waals surface area contributed by atoms with E-state index >= 15 is 0 Å². The van der Waals surface area contributed by atoms with Gasteiger partial charge in [-0.15, -0.1) is 0 Å². The first-order valence-electron chi connectivity index (χ1n) is 11.7. The van der Waals surface area contributed by atoms with Crippen LogP contribution in [0.3, 0.4) is 0 Å². The summed E-state index contributed by atoms with van der Waals surface area (Å²) in [6.07, 6.45) is 15.0. The first-order chi connectivity index (χ1) is 16.2. The number of ether oxygens (including phenoxy) is 1. The van der Waals surface area contributed by atoms with Crippen LogP contribution >= 0.6 is 0 Å². The van der Waals surface area contributed by atoms with Crippen molar-refractivity contribution in [1.29, 1.82) is 0 Å². The fraction of sp³-hybridized carbons (Fsp3) is 0.357. The maximum atomic E-state index is 13.3. The highest BCUT2D eigenvalue weighted by Gasteiger charge is 2.33. The van der Waals surface area contributed by atoms with Crippen LogP contribution in [0.2, 0.25) is 0 Å². The first-order valence-corrected chi connectivity index (χ1v) is 11.7. The molecule has 0 spiro atoms. The minimum Gasteiger partial charge on any atom is -0.478 e. The first kappa shape index (κ1) is 23.6. The van der Waals surface area contributed by atoms with E-state index in [2.05, 4.69) is 29.3 Å². The summed E-state index contributed by atoms with van der Waals surface area (Å²) in [5.41, 5.74) is 3.91.